The number of imidazole rings is 1. The number of rotatable bonds is 4. The van der Waals surface area contributed by atoms with Crippen LogP contribution in [0.4, 0.5) is 14.5 Å². The lowest BCUT2D eigenvalue weighted by Crippen LogP contribution is -2.17. The molecule has 3 aromatic rings. The quantitative estimate of drug-likeness (QED) is 0.790. The molecule has 108 valence electrons. The molecule has 1 aromatic carbocycles. The van der Waals surface area contributed by atoms with Crippen molar-refractivity contribution in [2.45, 2.75) is 6.04 Å². The molecule has 0 aliphatic carbocycles. The maximum atomic E-state index is 13.9. The predicted octanol–water partition coefficient (Wildman–Crippen LogP) is 3.96. The summed E-state index contributed by atoms with van der Waals surface area (Å²) in [5.41, 5.74) is -0.140. The molecule has 0 spiro atoms. The Morgan fingerprint density at radius 3 is 2.52 bits per heavy atom. The Morgan fingerprint density at radius 2 is 1.95 bits per heavy atom. The topological polar surface area (TPSA) is 29.9 Å². The van der Waals surface area contributed by atoms with Gasteiger partial charge in [0.2, 0.25) is 0 Å². The first kappa shape index (κ1) is 13.8. The Balaban J connectivity index is 2.03. The first-order valence-electron chi connectivity index (χ1n) is 6.38. The van der Waals surface area contributed by atoms with Crippen molar-refractivity contribution in [2.24, 2.45) is 7.05 Å². The van der Waals surface area contributed by atoms with E-state index in [2.05, 4.69) is 10.3 Å². The summed E-state index contributed by atoms with van der Waals surface area (Å²) in [6.07, 6.45) is 3.46. The van der Waals surface area contributed by atoms with Gasteiger partial charge in [-0.1, -0.05) is 12.1 Å². The van der Waals surface area contributed by atoms with Gasteiger partial charge in [-0.15, -0.1) is 11.3 Å². The molecule has 0 aliphatic heterocycles. The standard InChI is InChI=1S/C15H13F2N3S/c1-20-8-7-18-15(20)14(12-6-3-9-21-12)19-13-10(16)4-2-5-11(13)17/h2-9,14,19H,1H3. The predicted molar refractivity (Wildman–Crippen MR) is 79.4 cm³/mol. The smallest absolute Gasteiger partial charge is 0.149 e. The molecular weight excluding hydrogens is 292 g/mol. The molecule has 0 saturated carbocycles. The first-order chi connectivity index (χ1) is 10.2. The Bertz CT molecular complexity index is 717. The Labute approximate surface area is 124 Å². The van der Waals surface area contributed by atoms with Crippen molar-refractivity contribution in [1.29, 1.82) is 0 Å². The zero-order chi connectivity index (χ0) is 14.8. The van der Waals surface area contributed by atoms with Gasteiger partial charge in [-0.2, -0.15) is 0 Å². The molecule has 2 heterocycles. The van der Waals surface area contributed by atoms with Crippen molar-refractivity contribution < 1.29 is 8.78 Å². The number of para-hydroxylation sites is 1. The largest absolute Gasteiger partial charge is 0.366 e. The lowest BCUT2D eigenvalue weighted by molar-refractivity contribution is 0.584. The average molecular weight is 305 g/mol. The summed E-state index contributed by atoms with van der Waals surface area (Å²) < 4.78 is 29.6. The van der Waals surface area contributed by atoms with Crippen LogP contribution < -0.4 is 5.32 Å². The zero-order valence-corrected chi connectivity index (χ0v) is 12.1. The third-order valence-electron chi connectivity index (χ3n) is 3.20. The molecule has 0 amide bonds. The van der Waals surface area contributed by atoms with E-state index in [1.165, 1.54) is 29.5 Å². The minimum Gasteiger partial charge on any atom is -0.366 e. The van der Waals surface area contributed by atoms with Crippen molar-refractivity contribution in [2.75, 3.05) is 5.32 Å². The van der Waals surface area contributed by atoms with E-state index in [0.29, 0.717) is 5.82 Å². The molecule has 1 atom stereocenters. The van der Waals surface area contributed by atoms with E-state index < -0.39 is 17.7 Å². The van der Waals surface area contributed by atoms with E-state index >= 15 is 0 Å². The normalized spacial score (nSPS) is 12.3. The molecule has 0 fully saturated rings. The second-order valence-corrected chi connectivity index (χ2v) is 5.57. The number of benzene rings is 1. The molecule has 0 aliphatic rings. The summed E-state index contributed by atoms with van der Waals surface area (Å²) in [6.45, 7) is 0. The number of hydrogen-bond acceptors (Lipinski definition) is 3. The van der Waals surface area contributed by atoms with Gasteiger partial charge in [-0.3, -0.25) is 0 Å². The van der Waals surface area contributed by atoms with Crippen molar-refractivity contribution in [3.05, 3.63) is 70.4 Å². The zero-order valence-electron chi connectivity index (χ0n) is 11.3. The van der Waals surface area contributed by atoms with Crippen LogP contribution in [0.15, 0.2) is 48.1 Å². The monoisotopic (exact) mass is 305 g/mol. The van der Waals surface area contributed by atoms with Gasteiger partial charge in [0, 0.05) is 24.3 Å². The number of nitrogens with zero attached hydrogens (tertiary/aromatic N) is 2. The number of thiophene rings is 1. The van der Waals surface area contributed by atoms with Crippen LogP contribution in [0.5, 0.6) is 0 Å². The number of nitrogens with one attached hydrogen (secondary N) is 1. The van der Waals surface area contributed by atoms with Crippen LogP contribution in [-0.2, 0) is 7.05 Å². The van der Waals surface area contributed by atoms with Crippen LogP contribution in [-0.4, -0.2) is 9.55 Å². The SMILES string of the molecule is Cn1ccnc1C(Nc1c(F)cccc1F)c1cccs1. The minimum absolute atomic E-state index is 0.140. The van der Waals surface area contributed by atoms with E-state index in [9.17, 15) is 8.78 Å². The number of aryl methyl sites for hydroxylation is 1. The van der Waals surface area contributed by atoms with Crippen LogP contribution in [0.25, 0.3) is 0 Å². The third-order valence-corrected chi connectivity index (χ3v) is 4.13. The van der Waals surface area contributed by atoms with E-state index in [1.807, 2.05) is 29.1 Å². The summed E-state index contributed by atoms with van der Waals surface area (Å²) in [7, 11) is 1.85. The van der Waals surface area contributed by atoms with Gasteiger partial charge in [0.05, 0.1) is 0 Å². The van der Waals surface area contributed by atoms with Crippen LogP contribution >= 0.6 is 11.3 Å². The van der Waals surface area contributed by atoms with Gasteiger partial charge in [0.15, 0.2) is 0 Å². The molecule has 21 heavy (non-hydrogen) atoms. The Morgan fingerprint density at radius 1 is 1.19 bits per heavy atom. The average Bonchev–Trinajstić information content (AvgIpc) is 3.11. The maximum absolute atomic E-state index is 13.9. The lowest BCUT2D eigenvalue weighted by atomic mass is 10.2. The summed E-state index contributed by atoms with van der Waals surface area (Å²) in [5.74, 6) is -0.545. The summed E-state index contributed by atoms with van der Waals surface area (Å²) in [6, 6.07) is 7.21. The lowest BCUT2D eigenvalue weighted by Gasteiger charge is -2.19. The highest BCUT2D eigenvalue weighted by Gasteiger charge is 2.22. The molecule has 0 bridgehead atoms. The van der Waals surface area contributed by atoms with Crippen molar-refractivity contribution in [3.63, 3.8) is 0 Å². The van der Waals surface area contributed by atoms with Gasteiger partial charge in [-0.05, 0) is 23.6 Å². The van der Waals surface area contributed by atoms with Crippen LogP contribution in [0.2, 0.25) is 0 Å². The van der Waals surface area contributed by atoms with Crippen molar-refractivity contribution >= 4 is 17.0 Å². The summed E-state index contributed by atoms with van der Waals surface area (Å²) in [5, 5.41) is 4.86. The molecule has 2 aromatic heterocycles. The molecule has 3 nitrogen and oxygen atoms in total. The molecule has 0 radical (unpaired) electrons. The Kier molecular flexibility index (Phi) is 3.70. The van der Waals surface area contributed by atoms with E-state index in [0.717, 1.165) is 4.88 Å². The van der Waals surface area contributed by atoms with E-state index in [4.69, 9.17) is 0 Å². The highest BCUT2D eigenvalue weighted by atomic mass is 32.1. The second-order valence-electron chi connectivity index (χ2n) is 4.59. The molecule has 1 unspecified atom stereocenters. The van der Waals surface area contributed by atoms with E-state index in [1.54, 1.807) is 12.4 Å². The second kappa shape index (κ2) is 5.65. The highest BCUT2D eigenvalue weighted by molar-refractivity contribution is 7.10. The third kappa shape index (κ3) is 2.67. The van der Waals surface area contributed by atoms with Crippen LogP contribution in [0.1, 0.15) is 16.7 Å². The number of anilines is 1. The molecule has 0 saturated heterocycles. The highest BCUT2D eigenvalue weighted by Crippen LogP contribution is 2.30. The number of halogens is 2. The molecular formula is C15H13F2N3S. The van der Waals surface area contributed by atoms with Gasteiger partial charge >= 0.3 is 0 Å². The first-order valence-corrected chi connectivity index (χ1v) is 7.26. The van der Waals surface area contributed by atoms with E-state index in [-0.39, 0.29) is 5.69 Å². The van der Waals surface area contributed by atoms with Gasteiger partial charge in [-0.25, -0.2) is 13.8 Å². The van der Waals surface area contributed by atoms with Crippen molar-refractivity contribution in [1.82, 2.24) is 9.55 Å². The van der Waals surface area contributed by atoms with Gasteiger partial charge < -0.3 is 9.88 Å². The molecule has 6 heteroatoms. The Hall–Kier alpha value is -2.21. The van der Waals surface area contributed by atoms with Crippen LogP contribution in [0.3, 0.4) is 0 Å². The number of aromatic nitrogens is 2. The van der Waals surface area contributed by atoms with Crippen molar-refractivity contribution in [3.8, 4) is 0 Å². The maximum Gasteiger partial charge on any atom is 0.149 e. The minimum atomic E-state index is -0.620. The van der Waals surface area contributed by atoms with Gasteiger partial charge in [0.1, 0.15) is 29.2 Å². The van der Waals surface area contributed by atoms with Crippen LogP contribution in [0, 0.1) is 11.6 Å². The summed E-state index contributed by atoms with van der Waals surface area (Å²) >= 11 is 1.51. The molecule has 1 N–H and O–H groups in total. The van der Waals surface area contributed by atoms with Gasteiger partial charge in [0.25, 0.3) is 0 Å². The summed E-state index contributed by atoms with van der Waals surface area (Å²) in [4.78, 5) is 5.23. The molecule has 3 rings (SSSR count). The fourth-order valence-electron chi connectivity index (χ4n) is 2.15. The number of hydrogen-bond donors (Lipinski definition) is 1. The fourth-order valence-corrected chi connectivity index (χ4v) is 2.93. The fraction of sp³-hybridized carbons (Fsp3) is 0.133.